The van der Waals surface area contributed by atoms with Gasteiger partial charge in [0.05, 0.1) is 12.0 Å². The van der Waals surface area contributed by atoms with Crippen LogP contribution >= 0.6 is 11.6 Å². The van der Waals surface area contributed by atoms with Crippen LogP contribution < -0.4 is 10.6 Å². The third-order valence-corrected chi connectivity index (χ3v) is 4.58. The first kappa shape index (κ1) is 19.1. The Bertz CT molecular complexity index is 650. The van der Waals surface area contributed by atoms with E-state index in [0.29, 0.717) is 31.0 Å². The van der Waals surface area contributed by atoms with E-state index in [0.717, 1.165) is 5.56 Å². The van der Waals surface area contributed by atoms with Crippen LogP contribution in [0.3, 0.4) is 0 Å². The van der Waals surface area contributed by atoms with Crippen LogP contribution in [-0.4, -0.2) is 47.5 Å². The van der Waals surface area contributed by atoms with E-state index in [1.54, 1.807) is 31.2 Å². The normalized spacial score (nSPS) is 20.0. The van der Waals surface area contributed by atoms with E-state index in [9.17, 15) is 19.5 Å². The van der Waals surface area contributed by atoms with Gasteiger partial charge >= 0.3 is 12.0 Å². The monoisotopic (exact) mass is 367 g/mol. The second-order valence-corrected chi connectivity index (χ2v) is 6.88. The van der Waals surface area contributed by atoms with E-state index in [2.05, 4.69) is 10.6 Å². The zero-order chi connectivity index (χ0) is 18.4. The van der Waals surface area contributed by atoms with E-state index in [1.165, 1.54) is 4.90 Å². The van der Waals surface area contributed by atoms with Gasteiger partial charge in [0, 0.05) is 24.7 Å². The zero-order valence-electron chi connectivity index (χ0n) is 14.0. The Kier molecular flexibility index (Phi) is 6.25. The Balaban J connectivity index is 1.76. The fourth-order valence-electron chi connectivity index (χ4n) is 2.74. The molecular weight excluding hydrogens is 346 g/mol. The first-order chi connectivity index (χ1) is 11.8. The van der Waals surface area contributed by atoms with Crippen molar-refractivity contribution in [1.82, 2.24) is 15.5 Å². The maximum atomic E-state index is 12.2. The number of hydrogen-bond acceptors (Lipinski definition) is 3. The van der Waals surface area contributed by atoms with Gasteiger partial charge in [0.2, 0.25) is 5.91 Å². The molecule has 1 unspecified atom stereocenters. The minimum absolute atomic E-state index is 0.162. The number of benzene rings is 1. The second kappa shape index (κ2) is 8.20. The maximum absolute atomic E-state index is 12.2. The lowest BCUT2D eigenvalue weighted by molar-refractivity contribution is -0.153. The van der Waals surface area contributed by atoms with Crippen LogP contribution in [-0.2, 0) is 16.1 Å². The number of piperidine rings is 1. The summed E-state index contributed by atoms with van der Waals surface area (Å²) in [5.74, 6) is -1.19. The smallest absolute Gasteiger partial charge is 0.315 e. The molecule has 2 rings (SSSR count). The van der Waals surface area contributed by atoms with E-state index < -0.39 is 17.4 Å². The van der Waals surface area contributed by atoms with Crippen LogP contribution in [0.4, 0.5) is 4.79 Å². The average Bonchev–Trinajstić information content (AvgIpc) is 2.59. The number of nitrogens with one attached hydrogen (secondary N) is 2. The third-order valence-electron chi connectivity index (χ3n) is 4.33. The van der Waals surface area contributed by atoms with Crippen LogP contribution in [0.15, 0.2) is 24.3 Å². The van der Waals surface area contributed by atoms with Crippen LogP contribution in [0, 0.1) is 5.41 Å². The van der Waals surface area contributed by atoms with Crippen molar-refractivity contribution in [2.75, 3.05) is 19.6 Å². The van der Waals surface area contributed by atoms with Gasteiger partial charge in [-0.1, -0.05) is 23.7 Å². The molecule has 25 heavy (non-hydrogen) atoms. The molecule has 0 spiro atoms. The summed E-state index contributed by atoms with van der Waals surface area (Å²) >= 11 is 5.79. The standard InChI is InChI=1S/C17H22ClN3O4/c1-17(15(23)24)7-2-8-21(11-17)14(22)10-20-16(25)19-9-12-3-5-13(18)6-4-12/h3-6H,2,7-11H2,1H3,(H,23,24)(H2,19,20,25). The van der Waals surface area contributed by atoms with Crippen molar-refractivity contribution in [2.24, 2.45) is 5.41 Å². The van der Waals surface area contributed by atoms with Gasteiger partial charge in [0.25, 0.3) is 0 Å². The summed E-state index contributed by atoms with van der Waals surface area (Å²) < 4.78 is 0. The minimum atomic E-state index is -0.926. The van der Waals surface area contributed by atoms with Gasteiger partial charge in [-0.3, -0.25) is 9.59 Å². The number of aliphatic carboxylic acids is 1. The van der Waals surface area contributed by atoms with Crippen LogP contribution in [0.1, 0.15) is 25.3 Å². The van der Waals surface area contributed by atoms with Crippen LogP contribution in [0.2, 0.25) is 5.02 Å². The Hall–Kier alpha value is -2.28. The topological polar surface area (TPSA) is 98.7 Å². The SMILES string of the molecule is CC1(C(=O)O)CCCN(C(=O)CNC(=O)NCc2ccc(Cl)cc2)C1. The number of carboxylic acids is 1. The number of carboxylic acid groups (broad SMARTS) is 1. The molecule has 1 heterocycles. The number of hydrogen-bond donors (Lipinski definition) is 3. The fourth-order valence-corrected chi connectivity index (χ4v) is 2.87. The quantitative estimate of drug-likeness (QED) is 0.739. The summed E-state index contributed by atoms with van der Waals surface area (Å²) in [7, 11) is 0. The van der Waals surface area contributed by atoms with Gasteiger partial charge in [-0.15, -0.1) is 0 Å². The molecule has 1 aromatic rings. The van der Waals surface area contributed by atoms with Gasteiger partial charge < -0.3 is 20.6 Å². The number of likely N-dealkylation sites (tertiary alicyclic amines) is 1. The third kappa shape index (κ3) is 5.35. The fraction of sp³-hybridized carbons (Fsp3) is 0.471. The number of carbonyl (C=O) groups is 3. The second-order valence-electron chi connectivity index (χ2n) is 6.45. The molecule has 3 N–H and O–H groups in total. The molecule has 1 aliphatic heterocycles. The highest BCUT2D eigenvalue weighted by atomic mass is 35.5. The molecule has 3 amide bonds. The number of urea groups is 1. The molecule has 1 atom stereocenters. The van der Waals surface area contributed by atoms with Crippen molar-refractivity contribution in [1.29, 1.82) is 0 Å². The molecular formula is C17H22ClN3O4. The number of rotatable bonds is 5. The van der Waals surface area contributed by atoms with E-state index >= 15 is 0 Å². The molecule has 8 heteroatoms. The number of nitrogens with zero attached hydrogens (tertiary/aromatic N) is 1. The summed E-state index contributed by atoms with van der Waals surface area (Å²) in [6, 6.07) is 6.61. The molecule has 136 valence electrons. The summed E-state index contributed by atoms with van der Waals surface area (Å²) in [4.78, 5) is 36.8. The summed E-state index contributed by atoms with van der Waals surface area (Å²) in [6.45, 7) is 2.46. The zero-order valence-corrected chi connectivity index (χ0v) is 14.8. The average molecular weight is 368 g/mol. The maximum Gasteiger partial charge on any atom is 0.315 e. The Morgan fingerprint density at radius 2 is 1.92 bits per heavy atom. The van der Waals surface area contributed by atoms with Crippen molar-refractivity contribution in [3.05, 3.63) is 34.9 Å². The molecule has 0 aliphatic carbocycles. The van der Waals surface area contributed by atoms with Gasteiger partial charge in [-0.05, 0) is 37.5 Å². The molecule has 0 bridgehead atoms. The molecule has 0 saturated carbocycles. The number of carbonyl (C=O) groups excluding carboxylic acids is 2. The van der Waals surface area contributed by atoms with Gasteiger partial charge in [0.15, 0.2) is 0 Å². The van der Waals surface area contributed by atoms with Crippen molar-refractivity contribution >= 4 is 29.5 Å². The largest absolute Gasteiger partial charge is 0.481 e. The van der Waals surface area contributed by atoms with E-state index in [1.807, 2.05) is 0 Å². The van der Waals surface area contributed by atoms with Gasteiger partial charge in [-0.25, -0.2) is 4.79 Å². The molecule has 1 saturated heterocycles. The highest BCUT2D eigenvalue weighted by Gasteiger charge is 2.39. The number of halogens is 1. The van der Waals surface area contributed by atoms with Crippen LogP contribution in [0.25, 0.3) is 0 Å². The Morgan fingerprint density at radius 1 is 1.24 bits per heavy atom. The van der Waals surface area contributed by atoms with Crippen molar-refractivity contribution in [3.8, 4) is 0 Å². The summed E-state index contributed by atoms with van der Waals surface area (Å²) in [5, 5.41) is 15.1. The highest BCUT2D eigenvalue weighted by molar-refractivity contribution is 6.30. The predicted molar refractivity (Wildman–Crippen MR) is 93.2 cm³/mol. The van der Waals surface area contributed by atoms with E-state index in [4.69, 9.17) is 11.6 Å². The van der Waals surface area contributed by atoms with E-state index in [-0.39, 0.29) is 19.0 Å². The van der Waals surface area contributed by atoms with Crippen molar-refractivity contribution < 1.29 is 19.5 Å². The van der Waals surface area contributed by atoms with Gasteiger partial charge in [-0.2, -0.15) is 0 Å². The summed E-state index contributed by atoms with van der Waals surface area (Å²) in [5.41, 5.74) is -0.0378. The lowest BCUT2D eigenvalue weighted by atomic mass is 9.82. The molecule has 0 aromatic heterocycles. The molecule has 7 nitrogen and oxygen atoms in total. The Morgan fingerprint density at radius 3 is 2.56 bits per heavy atom. The first-order valence-corrected chi connectivity index (χ1v) is 8.45. The summed E-state index contributed by atoms with van der Waals surface area (Å²) in [6.07, 6.45) is 1.18. The lowest BCUT2D eigenvalue weighted by Crippen LogP contribution is -2.51. The van der Waals surface area contributed by atoms with Crippen molar-refractivity contribution in [3.63, 3.8) is 0 Å². The molecule has 1 fully saturated rings. The predicted octanol–water partition coefficient (Wildman–Crippen LogP) is 1.85. The van der Waals surface area contributed by atoms with Crippen molar-refractivity contribution in [2.45, 2.75) is 26.3 Å². The molecule has 1 aromatic carbocycles. The minimum Gasteiger partial charge on any atom is -0.481 e. The first-order valence-electron chi connectivity index (χ1n) is 8.07. The lowest BCUT2D eigenvalue weighted by Gasteiger charge is -2.37. The van der Waals surface area contributed by atoms with Gasteiger partial charge in [0.1, 0.15) is 0 Å². The molecule has 1 aliphatic rings. The Labute approximate surface area is 151 Å². The molecule has 0 radical (unpaired) electrons. The van der Waals surface area contributed by atoms with Crippen LogP contribution in [0.5, 0.6) is 0 Å². The number of amides is 3. The highest BCUT2D eigenvalue weighted by Crippen LogP contribution is 2.29.